The van der Waals surface area contributed by atoms with E-state index < -0.39 is 5.97 Å². The molecule has 1 aromatic heterocycles. The van der Waals surface area contributed by atoms with E-state index in [1.807, 2.05) is 6.07 Å². The molecule has 0 aliphatic carbocycles. The molecule has 98 valence electrons. The number of aromatic nitrogens is 2. The fourth-order valence-corrected chi connectivity index (χ4v) is 1.99. The average molecular weight is 277 g/mol. The summed E-state index contributed by atoms with van der Waals surface area (Å²) in [7, 11) is 0. The maximum atomic E-state index is 12.3. The second-order valence-corrected chi connectivity index (χ2v) is 4.34. The number of hydrogen-bond donors (Lipinski definition) is 1. The Kier molecular flexibility index (Phi) is 4.19. The van der Waals surface area contributed by atoms with Crippen LogP contribution in [0.3, 0.4) is 0 Å². The van der Waals surface area contributed by atoms with Gasteiger partial charge in [0.05, 0.1) is 6.42 Å². The number of anilines is 1. The number of para-hydroxylation sites is 1. The number of carboxylic acid groups (broad SMARTS) is 1. The number of carboxylic acids is 1. The molecule has 19 heavy (non-hydrogen) atoms. The Balaban J connectivity index is 2.24. The molecule has 0 aliphatic heterocycles. The second kappa shape index (κ2) is 6.05. The normalized spacial score (nSPS) is 10.1. The van der Waals surface area contributed by atoms with Crippen molar-refractivity contribution in [2.24, 2.45) is 0 Å². The van der Waals surface area contributed by atoms with E-state index >= 15 is 0 Å². The molecule has 1 aromatic carbocycles. The number of carbonyl (C=O) groups excluding carboxylic acids is 1. The molecule has 2 aromatic rings. The maximum Gasteiger partial charge on any atom is 0.305 e. The van der Waals surface area contributed by atoms with Gasteiger partial charge in [0.1, 0.15) is 0 Å². The molecule has 2 rings (SSSR count). The van der Waals surface area contributed by atoms with Crippen LogP contribution >= 0.6 is 11.5 Å². The molecule has 0 fully saturated rings. The Morgan fingerprint density at radius 3 is 2.58 bits per heavy atom. The third kappa shape index (κ3) is 3.35. The summed E-state index contributed by atoms with van der Waals surface area (Å²) in [4.78, 5) is 24.3. The third-order valence-electron chi connectivity index (χ3n) is 2.44. The lowest BCUT2D eigenvalue weighted by Crippen LogP contribution is -2.33. The first-order valence-electron chi connectivity index (χ1n) is 5.54. The van der Waals surface area contributed by atoms with Crippen molar-refractivity contribution in [3.8, 4) is 0 Å². The smallest absolute Gasteiger partial charge is 0.305 e. The molecule has 1 N–H and O–H groups in total. The predicted octanol–water partition coefficient (Wildman–Crippen LogP) is 1.66. The van der Waals surface area contributed by atoms with Crippen LogP contribution in [0, 0.1) is 0 Å². The Labute approximate surface area is 113 Å². The molecular weight excluding hydrogens is 266 g/mol. The molecule has 0 unspecified atom stereocenters. The van der Waals surface area contributed by atoms with Crippen molar-refractivity contribution in [3.05, 3.63) is 41.4 Å². The van der Waals surface area contributed by atoms with Gasteiger partial charge in [-0.15, -0.1) is 5.10 Å². The number of nitrogens with zero attached hydrogens (tertiary/aromatic N) is 3. The quantitative estimate of drug-likeness (QED) is 0.898. The van der Waals surface area contributed by atoms with Crippen molar-refractivity contribution in [1.29, 1.82) is 0 Å². The van der Waals surface area contributed by atoms with E-state index in [1.165, 1.54) is 4.90 Å². The summed E-state index contributed by atoms with van der Waals surface area (Å²) >= 11 is 1.08. The van der Waals surface area contributed by atoms with Gasteiger partial charge in [-0.2, -0.15) is 0 Å². The first-order valence-corrected chi connectivity index (χ1v) is 6.38. The summed E-state index contributed by atoms with van der Waals surface area (Å²) in [5.74, 6) is -1.30. The molecule has 1 amide bonds. The molecule has 0 saturated carbocycles. The first kappa shape index (κ1) is 13.2. The first-order chi connectivity index (χ1) is 9.18. The lowest BCUT2D eigenvalue weighted by Gasteiger charge is -2.20. The summed E-state index contributed by atoms with van der Waals surface area (Å²) in [6, 6.07) is 8.90. The Hall–Kier alpha value is -2.28. The third-order valence-corrected chi connectivity index (χ3v) is 2.95. The summed E-state index contributed by atoms with van der Waals surface area (Å²) < 4.78 is 3.64. The van der Waals surface area contributed by atoms with Gasteiger partial charge in [-0.1, -0.05) is 22.7 Å². The molecule has 7 heteroatoms. The Bertz CT molecular complexity index is 557. The zero-order valence-electron chi connectivity index (χ0n) is 9.89. The zero-order valence-corrected chi connectivity index (χ0v) is 10.7. The average Bonchev–Trinajstić information content (AvgIpc) is 2.93. The van der Waals surface area contributed by atoms with Crippen LogP contribution in [0.15, 0.2) is 35.7 Å². The summed E-state index contributed by atoms with van der Waals surface area (Å²) in [6.07, 6.45) is -0.127. The lowest BCUT2D eigenvalue weighted by molar-refractivity contribution is -0.136. The fourth-order valence-electron chi connectivity index (χ4n) is 1.56. The minimum absolute atomic E-state index is 0.0930. The molecule has 0 saturated heterocycles. The zero-order chi connectivity index (χ0) is 13.7. The number of rotatable bonds is 5. The number of benzene rings is 1. The van der Waals surface area contributed by atoms with Crippen LogP contribution < -0.4 is 4.90 Å². The van der Waals surface area contributed by atoms with Gasteiger partial charge in [0.15, 0.2) is 5.69 Å². The molecule has 0 spiro atoms. The summed E-state index contributed by atoms with van der Waals surface area (Å²) in [5.41, 5.74) is 0.862. The van der Waals surface area contributed by atoms with E-state index in [1.54, 1.807) is 29.6 Å². The molecule has 0 atom stereocenters. The van der Waals surface area contributed by atoms with Gasteiger partial charge in [0.25, 0.3) is 5.91 Å². The Morgan fingerprint density at radius 1 is 1.26 bits per heavy atom. The van der Waals surface area contributed by atoms with Gasteiger partial charge in [-0.25, -0.2) is 0 Å². The van der Waals surface area contributed by atoms with Gasteiger partial charge in [-0.3, -0.25) is 9.59 Å². The van der Waals surface area contributed by atoms with Crippen molar-refractivity contribution in [2.75, 3.05) is 11.4 Å². The predicted molar refractivity (Wildman–Crippen MR) is 70.3 cm³/mol. The van der Waals surface area contributed by atoms with Crippen molar-refractivity contribution >= 4 is 29.1 Å². The van der Waals surface area contributed by atoms with Crippen LogP contribution in [0.2, 0.25) is 0 Å². The summed E-state index contributed by atoms with van der Waals surface area (Å²) in [6.45, 7) is 0.0930. The van der Waals surface area contributed by atoms with Gasteiger partial charge in [0, 0.05) is 17.6 Å². The number of carbonyl (C=O) groups is 2. The Morgan fingerprint density at radius 2 is 2.00 bits per heavy atom. The number of aliphatic carboxylic acids is 1. The number of hydrogen-bond acceptors (Lipinski definition) is 5. The van der Waals surface area contributed by atoms with Crippen LogP contribution in [0.4, 0.5) is 5.69 Å². The molecule has 6 nitrogen and oxygen atoms in total. The van der Waals surface area contributed by atoms with Gasteiger partial charge < -0.3 is 10.0 Å². The fraction of sp³-hybridized carbons (Fsp3) is 0.167. The van der Waals surface area contributed by atoms with Crippen molar-refractivity contribution < 1.29 is 14.7 Å². The molecule has 0 aliphatic rings. The van der Waals surface area contributed by atoms with Crippen LogP contribution in [-0.2, 0) is 4.79 Å². The topological polar surface area (TPSA) is 83.4 Å². The standard InChI is InChI=1S/C12H11N3O3S/c16-11(17)6-7-15(9-4-2-1-3-5-9)12(18)10-8-19-14-13-10/h1-5,8H,6-7H2,(H,16,17). The van der Waals surface area contributed by atoms with Gasteiger partial charge in [-0.05, 0) is 23.7 Å². The minimum atomic E-state index is -0.954. The number of amides is 1. The highest BCUT2D eigenvalue weighted by Crippen LogP contribution is 2.16. The van der Waals surface area contributed by atoms with E-state index in [-0.39, 0.29) is 24.6 Å². The second-order valence-electron chi connectivity index (χ2n) is 3.73. The van der Waals surface area contributed by atoms with Crippen molar-refractivity contribution in [2.45, 2.75) is 6.42 Å². The van der Waals surface area contributed by atoms with Crippen LogP contribution in [-0.4, -0.2) is 33.1 Å². The van der Waals surface area contributed by atoms with E-state index in [9.17, 15) is 9.59 Å². The highest BCUT2D eigenvalue weighted by atomic mass is 32.1. The SMILES string of the molecule is O=C(O)CCN(C(=O)c1csnn1)c1ccccc1. The highest BCUT2D eigenvalue weighted by molar-refractivity contribution is 7.03. The molecular formula is C12H11N3O3S. The van der Waals surface area contributed by atoms with Crippen LogP contribution in [0.5, 0.6) is 0 Å². The largest absolute Gasteiger partial charge is 0.481 e. The minimum Gasteiger partial charge on any atom is -0.481 e. The molecule has 0 radical (unpaired) electrons. The van der Waals surface area contributed by atoms with E-state index in [0.29, 0.717) is 5.69 Å². The monoisotopic (exact) mass is 277 g/mol. The van der Waals surface area contributed by atoms with Crippen LogP contribution in [0.1, 0.15) is 16.9 Å². The van der Waals surface area contributed by atoms with E-state index in [4.69, 9.17) is 5.11 Å². The summed E-state index contributed by atoms with van der Waals surface area (Å²) in [5, 5.41) is 14.0. The maximum absolute atomic E-state index is 12.3. The highest BCUT2D eigenvalue weighted by Gasteiger charge is 2.20. The lowest BCUT2D eigenvalue weighted by atomic mass is 10.2. The van der Waals surface area contributed by atoms with E-state index in [0.717, 1.165) is 11.5 Å². The molecule has 1 heterocycles. The van der Waals surface area contributed by atoms with Crippen molar-refractivity contribution in [1.82, 2.24) is 9.59 Å². The molecule has 0 bridgehead atoms. The van der Waals surface area contributed by atoms with Gasteiger partial charge in [0.2, 0.25) is 0 Å². The van der Waals surface area contributed by atoms with Crippen molar-refractivity contribution in [3.63, 3.8) is 0 Å². The van der Waals surface area contributed by atoms with E-state index in [2.05, 4.69) is 9.59 Å². The van der Waals surface area contributed by atoms with Gasteiger partial charge >= 0.3 is 5.97 Å². The van der Waals surface area contributed by atoms with Crippen LogP contribution in [0.25, 0.3) is 0 Å².